The first kappa shape index (κ1) is 22.4. The number of benzene rings is 2. The minimum absolute atomic E-state index is 0.0536. The van der Waals surface area contributed by atoms with Crippen molar-refractivity contribution in [2.45, 2.75) is 45.1 Å². The molecule has 2 heterocycles. The van der Waals surface area contributed by atoms with E-state index >= 15 is 0 Å². The predicted molar refractivity (Wildman–Crippen MR) is 140 cm³/mol. The quantitative estimate of drug-likeness (QED) is 0.348. The summed E-state index contributed by atoms with van der Waals surface area (Å²) in [5.74, 6) is 0.0536. The highest BCUT2D eigenvalue weighted by Crippen LogP contribution is 2.41. The lowest BCUT2D eigenvalue weighted by molar-refractivity contribution is -0.124. The highest BCUT2D eigenvalue weighted by molar-refractivity contribution is 8.18. The number of hydrogen-bond donors (Lipinski definition) is 0. The summed E-state index contributed by atoms with van der Waals surface area (Å²) in [7, 11) is 0. The Morgan fingerprint density at radius 1 is 1.06 bits per heavy atom. The molecule has 0 atom stereocenters. The van der Waals surface area contributed by atoms with Crippen LogP contribution in [0.4, 0.5) is 5.13 Å². The molecule has 168 valence electrons. The lowest BCUT2D eigenvalue weighted by atomic mass is 9.94. The first-order chi connectivity index (χ1) is 16.1. The van der Waals surface area contributed by atoms with Crippen molar-refractivity contribution < 1.29 is 4.79 Å². The van der Waals surface area contributed by atoms with Crippen LogP contribution in [0, 0.1) is 0 Å². The first-order valence-corrected chi connectivity index (χ1v) is 13.3. The summed E-state index contributed by atoms with van der Waals surface area (Å²) in [4.78, 5) is 25.9. The van der Waals surface area contributed by atoms with E-state index < -0.39 is 0 Å². The number of rotatable bonds is 4. The zero-order valence-electron chi connectivity index (χ0n) is 18.3. The van der Waals surface area contributed by atoms with Gasteiger partial charge in [0.25, 0.3) is 5.91 Å². The zero-order valence-corrected chi connectivity index (χ0v) is 20.7. The third-order valence-electron chi connectivity index (χ3n) is 6.12. The van der Waals surface area contributed by atoms with Gasteiger partial charge in [-0.25, -0.2) is 4.98 Å². The number of amides is 1. The molecule has 7 heteroatoms. The summed E-state index contributed by atoms with van der Waals surface area (Å²) in [5.41, 5.74) is 3.93. The molecule has 1 aliphatic heterocycles. The maximum Gasteiger partial charge on any atom is 0.267 e. The average molecular weight is 494 g/mol. The first-order valence-electron chi connectivity index (χ1n) is 11.2. The van der Waals surface area contributed by atoms with Crippen molar-refractivity contribution in [3.63, 3.8) is 0 Å². The third kappa shape index (κ3) is 4.79. The van der Waals surface area contributed by atoms with Crippen molar-refractivity contribution in [2.75, 3.05) is 0 Å². The van der Waals surface area contributed by atoms with Crippen molar-refractivity contribution in [2.24, 2.45) is 4.99 Å². The fraction of sp³-hybridized carbons (Fsp3) is 0.269. The predicted octanol–water partition coefficient (Wildman–Crippen LogP) is 7.79. The molecule has 5 rings (SSSR count). The number of halogens is 1. The Morgan fingerprint density at radius 3 is 2.52 bits per heavy atom. The Hall–Kier alpha value is -2.41. The Labute approximate surface area is 207 Å². The van der Waals surface area contributed by atoms with E-state index in [1.54, 1.807) is 0 Å². The van der Waals surface area contributed by atoms with Gasteiger partial charge >= 0.3 is 0 Å². The summed E-state index contributed by atoms with van der Waals surface area (Å²) in [6, 6.07) is 17.9. The number of aromatic nitrogens is 1. The number of hydrogen-bond acceptors (Lipinski definition) is 5. The standard InChI is InChI=1S/C26H24ClN3OS2/c1-17(18-12-14-20(27)15-13-18)23-24(31)30(21-10-6-3-7-11-21)26(33-23)29-25-28-22(16-32-25)19-8-4-2-5-9-19/h2,4-5,8-9,12-16,21H,3,6-7,10-11H2,1H3/b23-17-,29-26+. The van der Waals surface area contributed by atoms with Gasteiger partial charge in [-0.2, -0.15) is 4.99 Å². The SMILES string of the molecule is C/C(=C1/S/C(=N/c2nc(-c3ccccc3)cs2)N(C2CCCCC2)C1=O)c1ccc(Cl)cc1. The van der Waals surface area contributed by atoms with Gasteiger partial charge in [-0.1, -0.05) is 73.3 Å². The molecule has 2 aromatic carbocycles. The van der Waals surface area contributed by atoms with Crippen molar-refractivity contribution in [3.8, 4) is 11.3 Å². The fourth-order valence-electron chi connectivity index (χ4n) is 4.33. The molecule has 1 saturated heterocycles. The van der Waals surface area contributed by atoms with Crippen LogP contribution in [0.25, 0.3) is 16.8 Å². The van der Waals surface area contributed by atoms with E-state index in [4.69, 9.17) is 21.6 Å². The molecule has 0 radical (unpaired) electrons. The summed E-state index contributed by atoms with van der Waals surface area (Å²) in [6.07, 6.45) is 5.57. The molecule has 2 fully saturated rings. The number of amidine groups is 1. The van der Waals surface area contributed by atoms with Gasteiger partial charge in [-0.05, 0) is 54.8 Å². The Bertz CT molecular complexity index is 1210. The van der Waals surface area contributed by atoms with E-state index in [0.717, 1.165) is 58.2 Å². The second-order valence-electron chi connectivity index (χ2n) is 8.31. The molecule has 0 bridgehead atoms. The second kappa shape index (κ2) is 9.84. The molecule has 3 aromatic rings. The minimum atomic E-state index is 0.0536. The van der Waals surface area contributed by atoms with Crippen LogP contribution in [0.2, 0.25) is 5.02 Å². The Kier molecular flexibility index (Phi) is 6.67. The van der Waals surface area contributed by atoms with Gasteiger partial charge in [0.2, 0.25) is 5.13 Å². The number of aliphatic imine (C=N–C) groups is 1. The molecule has 1 aromatic heterocycles. The molecule has 1 aliphatic carbocycles. The highest BCUT2D eigenvalue weighted by atomic mass is 35.5. The Morgan fingerprint density at radius 2 is 1.79 bits per heavy atom. The van der Waals surface area contributed by atoms with Crippen molar-refractivity contribution >= 4 is 56.5 Å². The van der Waals surface area contributed by atoms with Gasteiger partial charge in [-0.15, -0.1) is 11.3 Å². The fourth-order valence-corrected chi connectivity index (χ4v) is 6.31. The van der Waals surface area contributed by atoms with E-state index in [9.17, 15) is 4.79 Å². The lowest BCUT2D eigenvalue weighted by Gasteiger charge is -2.30. The monoisotopic (exact) mass is 493 g/mol. The van der Waals surface area contributed by atoms with Gasteiger partial charge in [0.15, 0.2) is 5.17 Å². The number of carbonyl (C=O) groups is 1. The number of carbonyl (C=O) groups excluding carboxylic acids is 1. The molecule has 4 nitrogen and oxygen atoms in total. The molecular formula is C26H24ClN3OS2. The van der Waals surface area contributed by atoms with Crippen LogP contribution in [0.5, 0.6) is 0 Å². The van der Waals surface area contributed by atoms with Gasteiger partial charge in [0, 0.05) is 22.0 Å². The summed E-state index contributed by atoms with van der Waals surface area (Å²) in [6.45, 7) is 2.00. The summed E-state index contributed by atoms with van der Waals surface area (Å²) < 4.78 is 0. The van der Waals surface area contributed by atoms with E-state index in [0.29, 0.717) is 10.2 Å². The van der Waals surface area contributed by atoms with Crippen LogP contribution in [0.1, 0.15) is 44.6 Å². The highest BCUT2D eigenvalue weighted by Gasteiger charge is 2.40. The van der Waals surface area contributed by atoms with Gasteiger partial charge in [0.1, 0.15) is 0 Å². The van der Waals surface area contributed by atoms with E-state index in [-0.39, 0.29) is 11.9 Å². The topological polar surface area (TPSA) is 45.6 Å². The lowest BCUT2D eigenvalue weighted by Crippen LogP contribution is -2.40. The van der Waals surface area contributed by atoms with Crippen LogP contribution < -0.4 is 0 Å². The second-order valence-corrected chi connectivity index (χ2v) is 10.6. The normalized spacial score (nSPS) is 20.0. The maximum atomic E-state index is 13.6. The Balaban J connectivity index is 1.51. The van der Waals surface area contributed by atoms with Crippen LogP contribution >= 0.6 is 34.7 Å². The van der Waals surface area contributed by atoms with Gasteiger partial charge < -0.3 is 0 Å². The third-order valence-corrected chi connectivity index (χ3v) is 8.27. The average Bonchev–Trinajstić information content (AvgIpc) is 3.45. The van der Waals surface area contributed by atoms with E-state index in [2.05, 4.69) is 0 Å². The molecule has 1 amide bonds. The molecule has 1 saturated carbocycles. The molecule has 33 heavy (non-hydrogen) atoms. The van der Waals surface area contributed by atoms with Crippen molar-refractivity contribution in [3.05, 3.63) is 75.5 Å². The van der Waals surface area contributed by atoms with Crippen LogP contribution in [0.15, 0.2) is 69.9 Å². The van der Waals surface area contributed by atoms with E-state index in [1.807, 2.05) is 71.8 Å². The van der Waals surface area contributed by atoms with Gasteiger partial charge in [0.05, 0.1) is 10.6 Å². The van der Waals surface area contributed by atoms with Gasteiger partial charge in [-0.3, -0.25) is 9.69 Å². The summed E-state index contributed by atoms with van der Waals surface area (Å²) >= 11 is 9.04. The zero-order chi connectivity index (χ0) is 22.8. The van der Waals surface area contributed by atoms with Crippen LogP contribution in [-0.2, 0) is 4.79 Å². The van der Waals surface area contributed by atoms with Crippen LogP contribution in [-0.4, -0.2) is 27.0 Å². The minimum Gasteiger partial charge on any atom is -0.283 e. The molecule has 0 N–H and O–H groups in total. The maximum absolute atomic E-state index is 13.6. The largest absolute Gasteiger partial charge is 0.283 e. The molecule has 0 spiro atoms. The molecule has 0 unspecified atom stereocenters. The van der Waals surface area contributed by atoms with E-state index in [1.165, 1.54) is 29.5 Å². The van der Waals surface area contributed by atoms with Crippen molar-refractivity contribution in [1.29, 1.82) is 0 Å². The number of nitrogens with zero attached hydrogens (tertiary/aromatic N) is 3. The number of thiazole rings is 1. The smallest absolute Gasteiger partial charge is 0.267 e. The molecular weight excluding hydrogens is 470 g/mol. The molecule has 2 aliphatic rings. The van der Waals surface area contributed by atoms with Crippen LogP contribution in [0.3, 0.4) is 0 Å². The summed E-state index contributed by atoms with van der Waals surface area (Å²) in [5, 5.41) is 4.13. The number of thioether (sulfide) groups is 1. The number of allylic oxidation sites excluding steroid dienone is 1. The van der Waals surface area contributed by atoms with Crippen molar-refractivity contribution in [1.82, 2.24) is 9.88 Å².